The van der Waals surface area contributed by atoms with E-state index in [1.54, 1.807) is 24.3 Å². The number of hydrogen-bond acceptors (Lipinski definition) is 10. The van der Waals surface area contributed by atoms with E-state index in [2.05, 4.69) is 10.3 Å². The van der Waals surface area contributed by atoms with Crippen molar-refractivity contribution in [3.8, 4) is 17.2 Å². The van der Waals surface area contributed by atoms with Crippen LogP contribution in [0.25, 0.3) is 0 Å². The summed E-state index contributed by atoms with van der Waals surface area (Å²) >= 11 is 1.30. The van der Waals surface area contributed by atoms with Gasteiger partial charge in [0.25, 0.3) is 11.2 Å². The van der Waals surface area contributed by atoms with Gasteiger partial charge in [0.05, 0.1) is 31.8 Å². The van der Waals surface area contributed by atoms with Gasteiger partial charge in [0.1, 0.15) is 5.82 Å². The van der Waals surface area contributed by atoms with Crippen LogP contribution < -0.4 is 25.1 Å². The van der Waals surface area contributed by atoms with Gasteiger partial charge in [0.15, 0.2) is 22.4 Å². The van der Waals surface area contributed by atoms with Crippen LogP contribution in [0.15, 0.2) is 57.6 Å². The Morgan fingerprint density at radius 2 is 1.74 bits per heavy atom. The number of hydrogen-bond donors (Lipinski definition) is 2. The average Bonchev–Trinajstić information content (AvgIpc) is 2.94. The molecule has 2 aromatic carbocycles. The third-order valence-electron chi connectivity index (χ3n) is 6.78. The molecule has 5 rings (SSSR count). The molecule has 1 aromatic heterocycles. The monoisotopic (exact) mass is 550 g/mol. The van der Waals surface area contributed by atoms with Crippen LogP contribution in [0.1, 0.15) is 41.9 Å². The molecule has 0 amide bonds. The van der Waals surface area contributed by atoms with E-state index >= 15 is 0 Å². The van der Waals surface area contributed by atoms with Gasteiger partial charge in [-0.1, -0.05) is 23.9 Å². The SMILES string of the molecule is COc1cc(C2C3=C(CCCC3=O)Nc3nc(SCc4ccc([N+](=O)[O-])cc4)[nH]c(=O)c32)cc(OC)c1OC. The summed E-state index contributed by atoms with van der Waals surface area (Å²) in [6, 6.07) is 9.73. The molecule has 39 heavy (non-hydrogen) atoms. The zero-order valence-electron chi connectivity index (χ0n) is 21.5. The molecule has 202 valence electrons. The molecular formula is C27H26N4O7S. The van der Waals surface area contributed by atoms with Gasteiger partial charge in [-0.25, -0.2) is 4.98 Å². The number of nitro benzene ring substituents is 1. The number of fused-ring (bicyclic) bond motifs is 1. The van der Waals surface area contributed by atoms with Crippen LogP contribution in [0.5, 0.6) is 17.2 Å². The first-order valence-electron chi connectivity index (χ1n) is 12.2. The zero-order chi connectivity index (χ0) is 27.7. The average molecular weight is 551 g/mol. The van der Waals surface area contributed by atoms with Crippen molar-refractivity contribution in [3.05, 3.63) is 84.8 Å². The van der Waals surface area contributed by atoms with Crippen LogP contribution in [-0.2, 0) is 10.5 Å². The third kappa shape index (κ3) is 4.94. The van der Waals surface area contributed by atoms with Crippen molar-refractivity contribution >= 4 is 29.1 Å². The van der Waals surface area contributed by atoms with E-state index in [1.807, 2.05) is 0 Å². The Kier molecular flexibility index (Phi) is 7.29. The smallest absolute Gasteiger partial charge is 0.269 e. The van der Waals surface area contributed by atoms with Crippen LogP contribution >= 0.6 is 11.8 Å². The molecule has 11 nitrogen and oxygen atoms in total. The molecule has 0 saturated carbocycles. The first kappa shape index (κ1) is 26.3. The fourth-order valence-electron chi connectivity index (χ4n) is 4.98. The van der Waals surface area contributed by atoms with E-state index in [0.29, 0.717) is 69.9 Å². The highest BCUT2D eigenvalue weighted by Crippen LogP contribution is 2.47. The minimum atomic E-state index is -0.678. The normalized spacial score (nSPS) is 16.2. The molecule has 1 atom stereocenters. The molecule has 0 fully saturated rings. The van der Waals surface area contributed by atoms with Gasteiger partial charge in [-0.15, -0.1) is 0 Å². The summed E-state index contributed by atoms with van der Waals surface area (Å²) in [4.78, 5) is 44.8. The molecular weight excluding hydrogens is 524 g/mol. The van der Waals surface area contributed by atoms with Gasteiger partial charge in [-0.3, -0.25) is 19.7 Å². The number of aromatic nitrogens is 2. The minimum absolute atomic E-state index is 0.0113. The lowest BCUT2D eigenvalue weighted by Crippen LogP contribution is -2.32. The highest BCUT2D eigenvalue weighted by Gasteiger charge is 2.38. The first-order valence-corrected chi connectivity index (χ1v) is 13.2. The van der Waals surface area contributed by atoms with E-state index in [4.69, 9.17) is 19.2 Å². The molecule has 1 aliphatic heterocycles. The number of benzene rings is 2. The predicted octanol–water partition coefficient (Wildman–Crippen LogP) is 4.56. The Balaban J connectivity index is 1.56. The van der Waals surface area contributed by atoms with E-state index in [0.717, 1.165) is 11.3 Å². The number of nitrogens with one attached hydrogen (secondary N) is 2. The zero-order valence-corrected chi connectivity index (χ0v) is 22.3. The highest BCUT2D eigenvalue weighted by molar-refractivity contribution is 7.98. The van der Waals surface area contributed by atoms with Gasteiger partial charge in [-0.2, -0.15) is 0 Å². The van der Waals surface area contributed by atoms with Crippen LogP contribution in [0.4, 0.5) is 11.5 Å². The van der Waals surface area contributed by atoms with Crippen molar-refractivity contribution < 1.29 is 23.9 Å². The maximum atomic E-state index is 13.6. The van der Waals surface area contributed by atoms with Gasteiger partial charge in [0, 0.05) is 41.5 Å². The standard InChI is InChI=1S/C27H26N4O7S/c1-36-19-11-15(12-20(37-2)24(19)38-3)21-22-17(5-4-6-18(22)32)28-25-23(21)26(33)30-27(29-25)39-13-14-7-9-16(10-8-14)31(34)35/h7-12,21H,4-6,13H2,1-3H3,(H2,28,29,30,33). The number of nitrogens with zero attached hydrogens (tertiary/aromatic N) is 2. The number of thioether (sulfide) groups is 1. The number of allylic oxidation sites excluding steroid dienone is 2. The Morgan fingerprint density at radius 1 is 1.05 bits per heavy atom. The van der Waals surface area contributed by atoms with Gasteiger partial charge >= 0.3 is 0 Å². The number of non-ortho nitro benzene ring substituents is 1. The number of nitro groups is 1. The number of ether oxygens (including phenoxy) is 3. The lowest BCUT2D eigenvalue weighted by atomic mass is 9.76. The Labute approximate surface area is 227 Å². The van der Waals surface area contributed by atoms with Crippen molar-refractivity contribution in [1.82, 2.24) is 9.97 Å². The maximum Gasteiger partial charge on any atom is 0.269 e. The number of ketones is 1. The van der Waals surface area contributed by atoms with Crippen LogP contribution in [-0.4, -0.2) is 42.0 Å². The van der Waals surface area contributed by atoms with Gasteiger partial charge in [0.2, 0.25) is 5.75 Å². The molecule has 1 unspecified atom stereocenters. The Morgan fingerprint density at radius 3 is 2.36 bits per heavy atom. The second-order valence-corrected chi connectivity index (χ2v) is 10.00. The van der Waals surface area contributed by atoms with Crippen molar-refractivity contribution in [1.29, 1.82) is 0 Å². The number of H-pyrrole nitrogens is 1. The molecule has 2 N–H and O–H groups in total. The molecule has 2 aliphatic rings. The summed E-state index contributed by atoms with van der Waals surface area (Å²) in [7, 11) is 4.53. The summed E-state index contributed by atoms with van der Waals surface area (Å²) < 4.78 is 16.5. The lowest BCUT2D eigenvalue weighted by molar-refractivity contribution is -0.384. The molecule has 0 bridgehead atoms. The van der Waals surface area contributed by atoms with E-state index < -0.39 is 10.8 Å². The maximum absolute atomic E-state index is 13.6. The van der Waals surface area contributed by atoms with Crippen LogP contribution in [0.2, 0.25) is 0 Å². The van der Waals surface area contributed by atoms with Crippen molar-refractivity contribution in [2.75, 3.05) is 26.6 Å². The summed E-state index contributed by atoms with van der Waals surface area (Å²) in [6.07, 6.45) is 1.75. The van der Waals surface area contributed by atoms with E-state index in [-0.39, 0.29) is 17.0 Å². The largest absolute Gasteiger partial charge is 0.493 e. The molecule has 0 spiro atoms. The fraction of sp³-hybridized carbons (Fsp3) is 0.296. The van der Waals surface area contributed by atoms with Crippen LogP contribution in [0, 0.1) is 10.1 Å². The molecule has 1 aliphatic carbocycles. The lowest BCUT2D eigenvalue weighted by Gasteiger charge is -2.33. The van der Waals surface area contributed by atoms with E-state index in [1.165, 1.54) is 45.2 Å². The van der Waals surface area contributed by atoms with Gasteiger partial charge < -0.3 is 24.5 Å². The first-order chi connectivity index (χ1) is 18.8. The molecule has 3 aromatic rings. The summed E-state index contributed by atoms with van der Waals surface area (Å²) in [5, 5.41) is 14.6. The van der Waals surface area contributed by atoms with Gasteiger partial charge in [-0.05, 0) is 36.1 Å². The summed E-state index contributed by atoms with van der Waals surface area (Å²) in [6.45, 7) is 0. The quantitative estimate of drug-likeness (QED) is 0.177. The molecule has 0 saturated heterocycles. The molecule has 12 heteroatoms. The number of methoxy groups -OCH3 is 3. The number of carbonyl (C=O) groups is 1. The van der Waals surface area contributed by atoms with Crippen molar-refractivity contribution in [2.24, 2.45) is 0 Å². The highest BCUT2D eigenvalue weighted by atomic mass is 32.2. The Bertz CT molecular complexity index is 1520. The topological polar surface area (TPSA) is 146 Å². The van der Waals surface area contributed by atoms with Crippen molar-refractivity contribution in [3.63, 3.8) is 0 Å². The number of aromatic amines is 1. The fourth-order valence-corrected chi connectivity index (χ4v) is 5.79. The number of Topliss-reactive ketones (excluding diaryl/α,β-unsaturated/α-hetero) is 1. The number of carbonyl (C=O) groups excluding carboxylic acids is 1. The Hall–Kier alpha value is -4.32. The van der Waals surface area contributed by atoms with E-state index in [9.17, 15) is 19.7 Å². The third-order valence-corrected chi connectivity index (χ3v) is 7.72. The number of rotatable bonds is 8. The summed E-state index contributed by atoms with van der Waals surface area (Å²) in [5.74, 6) is 1.37. The minimum Gasteiger partial charge on any atom is -0.493 e. The molecule has 2 heterocycles. The van der Waals surface area contributed by atoms with Crippen molar-refractivity contribution in [2.45, 2.75) is 36.1 Å². The predicted molar refractivity (Wildman–Crippen MR) is 145 cm³/mol. The summed E-state index contributed by atoms with van der Waals surface area (Å²) in [5.41, 5.74) is 2.76. The molecule has 0 radical (unpaired) electrons. The van der Waals surface area contributed by atoms with Crippen LogP contribution in [0.3, 0.4) is 0 Å². The number of anilines is 1. The second kappa shape index (κ2) is 10.8. The second-order valence-electron chi connectivity index (χ2n) is 9.03.